The maximum Gasteiger partial charge on any atom is 0.154 e. The first-order valence-electron chi connectivity index (χ1n) is 6.68. The molecule has 0 radical (unpaired) electrons. The molecule has 0 saturated carbocycles. The number of hydrogen-bond donors (Lipinski definition) is 0. The van der Waals surface area contributed by atoms with Gasteiger partial charge in [0.05, 0.1) is 16.7 Å². The van der Waals surface area contributed by atoms with E-state index in [0.717, 1.165) is 18.7 Å². The SMILES string of the molecule is Cc1nc2c(n1CCS(=O)(=O)C(C)C)CCCC2. The quantitative estimate of drug-likeness (QED) is 0.839. The summed E-state index contributed by atoms with van der Waals surface area (Å²) < 4.78 is 25.8. The van der Waals surface area contributed by atoms with Gasteiger partial charge in [0.15, 0.2) is 9.84 Å². The van der Waals surface area contributed by atoms with Crippen LogP contribution in [0.2, 0.25) is 0 Å². The molecule has 2 rings (SSSR count). The van der Waals surface area contributed by atoms with Crippen molar-refractivity contribution >= 4 is 9.84 Å². The highest BCUT2D eigenvalue weighted by Crippen LogP contribution is 2.22. The standard InChI is InChI=1S/C13H22N2O2S/c1-10(2)18(16,17)9-8-15-11(3)14-12-6-4-5-7-13(12)15/h10H,4-9H2,1-3H3. The van der Waals surface area contributed by atoms with Gasteiger partial charge < -0.3 is 4.57 Å². The zero-order chi connectivity index (χ0) is 13.3. The van der Waals surface area contributed by atoms with Crippen LogP contribution in [0.1, 0.15) is 43.9 Å². The van der Waals surface area contributed by atoms with Gasteiger partial charge in [-0.15, -0.1) is 0 Å². The molecule has 1 aliphatic carbocycles. The average Bonchev–Trinajstić information content (AvgIpc) is 2.62. The predicted molar refractivity (Wildman–Crippen MR) is 72.5 cm³/mol. The van der Waals surface area contributed by atoms with Crippen molar-refractivity contribution in [3.05, 3.63) is 17.2 Å². The highest BCUT2D eigenvalue weighted by atomic mass is 32.2. The van der Waals surface area contributed by atoms with Crippen molar-refractivity contribution < 1.29 is 8.42 Å². The van der Waals surface area contributed by atoms with E-state index in [1.807, 2.05) is 6.92 Å². The van der Waals surface area contributed by atoms with Crippen LogP contribution in [0, 0.1) is 6.92 Å². The Bertz CT molecular complexity index is 529. The fourth-order valence-corrected chi connectivity index (χ4v) is 3.40. The second kappa shape index (κ2) is 5.03. The van der Waals surface area contributed by atoms with Gasteiger partial charge in [-0.25, -0.2) is 13.4 Å². The first-order chi connectivity index (χ1) is 8.42. The Labute approximate surface area is 109 Å². The summed E-state index contributed by atoms with van der Waals surface area (Å²) in [5, 5.41) is -0.294. The smallest absolute Gasteiger partial charge is 0.154 e. The topological polar surface area (TPSA) is 52.0 Å². The lowest BCUT2D eigenvalue weighted by Crippen LogP contribution is -2.22. The second-order valence-corrected chi connectivity index (χ2v) is 8.00. The Morgan fingerprint density at radius 3 is 2.61 bits per heavy atom. The van der Waals surface area contributed by atoms with Crippen LogP contribution in [-0.4, -0.2) is 29.0 Å². The van der Waals surface area contributed by atoms with Crippen molar-refractivity contribution in [3.63, 3.8) is 0 Å². The molecule has 0 aromatic carbocycles. The van der Waals surface area contributed by atoms with Gasteiger partial charge in [-0.05, 0) is 46.5 Å². The van der Waals surface area contributed by atoms with Crippen molar-refractivity contribution in [2.45, 2.75) is 58.2 Å². The van der Waals surface area contributed by atoms with E-state index < -0.39 is 9.84 Å². The molecule has 0 aliphatic heterocycles. The molecular formula is C13H22N2O2S. The molecule has 0 spiro atoms. The number of aromatic nitrogens is 2. The van der Waals surface area contributed by atoms with E-state index in [-0.39, 0.29) is 11.0 Å². The summed E-state index contributed by atoms with van der Waals surface area (Å²) in [5.74, 6) is 1.18. The average molecular weight is 270 g/mol. The normalized spacial score (nSPS) is 16.0. The van der Waals surface area contributed by atoms with Crippen LogP contribution in [0.4, 0.5) is 0 Å². The number of imidazole rings is 1. The number of nitrogens with zero attached hydrogens (tertiary/aromatic N) is 2. The molecule has 0 unspecified atom stereocenters. The maximum absolute atomic E-state index is 11.9. The van der Waals surface area contributed by atoms with Crippen molar-refractivity contribution in [1.82, 2.24) is 9.55 Å². The highest BCUT2D eigenvalue weighted by Gasteiger charge is 2.21. The summed E-state index contributed by atoms with van der Waals surface area (Å²) in [6.07, 6.45) is 4.47. The maximum atomic E-state index is 11.9. The molecule has 0 fully saturated rings. The summed E-state index contributed by atoms with van der Waals surface area (Å²) in [7, 11) is -2.97. The number of aryl methyl sites for hydroxylation is 2. The van der Waals surface area contributed by atoms with E-state index in [0.29, 0.717) is 6.54 Å². The van der Waals surface area contributed by atoms with Crippen molar-refractivity contribution in [1.29, 1.82) is 0 Å². The van der Waals surface area contributed by atoms with Gasteiger partial charge in [-0.1, -0.05) is 0 Å². The van der Waals surface area contributed by atoms with Crippen molar-refractivity contribution in [3.8, 4) is 0 Å². The van der Waals surface area contributed by atoms with Gasteiger partial charge in [-0.2, -0.15) is 0 Å². The van der Waals surface area contributed by atoms with Gasteiger partial charge >= 0.3 is 0 Å². The van der Waals surface area contributed by atoms with Crippen LogP contribution < -0.4 is 0 Å². The van der Waals surface area contributed by atoms with Gasteiger partial charge in [0.25, 0.3) is 0 Å². The van der Waals surface area contributed by atoms with E-state index >= 15 is 0 Å². The molecule has 1 aliphatic rings. The Morgan fingerprint density at radius 1 is 1.28 bits per heavy atom. The fourth-order valence-electron chi connectivity index (χ4n) is 2.49. The minimum atomic E-state index is -2.97. The second-order valence-electron chi connectivity index (χ2n) is 5.33. The molecule has 0 N–H and O–H groups in total. The first-order valence-corrected chi connectivity index (χ1v) is 8.40. The third-order valence-corrected chi connectivity index (χ3v) is 5.93. The minimum Gasteiger partial charge on any atom is -0.331 e. The Hall–Kier alpha value is -0.840. The van der Waals surface area contributed by atoms with Gasteiger partial charge in [-0.3, -0.25) is 0 Å². The number of sulfone groups is 1. The molecule has 1 aromatic rings. The highest BCUT2D eigenvalue weighted by molar-refractivity contribution is 7.91. The van der Waals surface area contributed by atoms with E-state index in [1.165, 1.54) is 24.2 Å². The van der Waals surface area contributed by atoms with E-state index in [9.17, 15) is 8.42 Å². The van der Waals surface area contributed by atoms with E-state index in [2.05, 4.69) is 9.55 Å². The van der Waals surface area contributed by atoms with E-state index in [1.54, 1.807) is 13.8 Å². The molecule has 0 amide bonds. The van der Waals surface area contributed by atoms with Crippen molar-refractivity contribution in [2.24, 2.45) is 0 Å². The van der Waals surface area contributed by atoms with Crippen LogP contribution in [0.25, 0.3) is 0 Å². The lowest BCUT2D eigenvalue weighted by molar-refractivity contribution is 0.572. The number of rotatable bonds is 4. The number of hydrogen-bond acceptors (Lipinski definition) is 3. The molecule has 5 heteroatoms. The molecule has 1 heterocycles. The summed E-state index contributed by atoms with van der Waals surface area (Å²) >= 11 is 0. The Balaban J connectivity index is 2.18. The zero-order valence-corrected chi connectivity index (χ0v) is 12.3. The molecule has 1 aromatic heterocycles. The molecule has 102 valence electrons. The molecule has 0 bridgehead atoms. The van der Waals surface area contributed by atoms with Crippen LogP contribution in [0.15, 0.2) is 0 Å². The molecular weight excluding hydrogens is 248 g/mol. The summed E-state index contributed by atoms with van der Waals surface area (Å²) in [5.41, 5.74) is 2.44. The van der Waals surface area contributed by atoms with Crippen molar-refractivity contribution in [2.75, 3.05) is 5.75 Å². The van der Waals surface area contributed by atoms with Crippen LogP contribution in [0.5, 0.6) is 0 Å². The summed E-state index contributed by atoms with van der Waals surface area (Å²) in [4.78, 5) is 4.56. The van der Waals surface area contributed by atoms with Crippen LogP contribution in [0.3, 0.4) is 0 Å². The molecule has 4 nitrogen and oxygen atoms in total. The monoisotopic (exact) mass is 270 g/mol. The zero-order valence-electron chi connectivity index (χ0n) is 11.4. The largest absolute Gasteiger partial charge is 0.331 e. The summed E-state index contributed by atoms with van der Waals surface area (Å²) in [6.45, 7) is 6.01. The van der Waals surface area contributed by atoms with E-state index in [4.69, 9.17) is 0 Å². The predicted octanol–water partition coefficient (Wildman–Crippen LogP) is 1.89. The van der Waals surface area contributed by atoms with Gasteiger partial charge in [0.2, 0.25) is 0 Å². The van der Waals surface area contributed by atoms with Gasteiger partial charge in [0.1, 0.15) is 5.82 Å². The van der Waals surface area contributed by atoms with Crippen LogP contribution >= 0.6 is 0 Å². The fraction of sp³-hybridized carbons (Fsp3) is 0.769. The molecule has 0 saturated heterocycles. The van der Waals surface area contributed by atoms with Gasteiger partial charge in [0, 0.05) is 12.2 Å². The first kappa shape index (κ1) is 13.6. The Morgan fingerprint density at radius 2 is 1.94 bits per heavy atom. The lowest BCUT2D eigenvalue weighted by atomic mass is 10.0. The third kappa shape index (κ3) is 2.60. The summed E-state index contributed by atoms with van der Waals surface area (Å²) in [6, 6.07) is 0. The molecule has 18 heavy (non-hydrogen) atoms. The third-order valence-electron chi connectivity index (χ3n) is 3.74. The molecule has 0 atom stereocenters. The lowest BCUT2D eigenvalue weighted by Gasteiger charge is -2.15. The Kier molecular flexibility index (Phi) is 3.80. The minimum absolute atomic E-state index is 0.217. The number of fused-ring (bicyclic) bond motifs is 1. The van der Waals surface area contributed by atoms with Crippen LogP contribution in [-0.2, 0) is 29.2 Å².